The van der Waals surface area contributed by atoms with Crippen LogP contribution in [0.4, 0.5) is 24.5 Å². The zero-order valence-electron chi connectivity index (χ0n) is 15.0. The molecule has 0 radical (unpaired) electrons. The molecule has 144 valence electrons. The van der Waals surface area contributed by atoms with E-state index in [4.69, 9.17) is 0 Å². The Morgan fingerprint density at radius 3 is 2.74 bits per heavy atom. The Hall–Kier alpha value is -2.77. The van der Waals surface area contributed by atoms with Crippen molar-refractivity contribution in [2.24, 2.45) is 0 Å². The van der Waals surface area contributed by atoms with Crippen LogP contribution in [0, 0.1) is 0 Å². The van der Waals surface area contributed by atoms with Crippen LogP contribution in [0.15, 0.2) is 42.6 Å². The molecular weight excluding hydrogens is 359 g/mol. The van der Waals surface area contributed by atoms with E-state index in [1.165, 1.54) is 18.3 Å². The SMILES string of the molecule is CC(Nc1ccc(OCC(F)(F)F)nc1)C(=O)N1c2ccccc2CC1C. The van der Waals surface area contributed by atoms with E-state index in [1.54, 1.807) is 11.8 Å². The van der Waals surface area contributed by atoms with E-state index >= 15 is 0 Å². The number of para-hydroxylation sites is 1. The van der Waals surface area contributed by atoms with Gasteiger partial charge >= 0.3 is 6.18 Å². The zero-order chi connectivity index (χ0) is 19.6. The first-order valence-corrected chi connectivity index (χ1v) is 8.58. The summed E-state index contributed by atoms with van der Waals surface area (Å²) in [4.78, 5) is 18.5. The van der Waals surface area contributed by atoms with Gasteiger partial charge in [0.25, 0.3) is 0 Å². The number of carbonyl (C=O) groups excluding carboxylic acids is 1. The van der Waals surface area contributed by atoms with Gasteiger partial charge < -0.3 is 15.0 Å². The number of ether oxygens (including phenoxy) is 1. The van der Waals surface area contributed by atoms with E-state index in [1.807, 2.05) is 31.2 Å². The third-order valence-electron chi connectivity index (χ3n) is 4.32. The minimum absolute atomic E-state index is 0.0652. The standard InChI is InChI=1S/C19H20F3N3O2/c1-12-9-14-5-3-4-6-16(14)25(12)18(26)13(2)24-15-7-8-17(23-10-15)27-11-19(20,21)22/h3-8,10,12-13,24H,9,11H2,1-2H3. The molecule has 2 atom stereocenters. The summed E-state index contributed by atoms with van der Waals surface area (Å²) in [5, 5.41) is 3.04. The van der Waals surface area contributed by atoms with Gasteiger partial charge in [-0.25, -0.2) is 4.98 Å². The van der Waals surface area contributed by atoms with Gasteiger partial charge in [0.2, 0.25) is 11.8 Å². The number of alkyl halides is 3. The molecule has 5 nitrogen and oxygen atoms in total. The van der Waals surface area contributed by atoms with Crippen molar-refractivity contribution in [1.82, 2.24) is 4.98 Å². The average Bonchev–Trinajstić information content (AvgIpc) is 2.95. The number of nitrogens with zero attached hydrogens (tertiary/aromatic N) is 2. The molecular formula is C19H20F3N3O2. The Kier molecular flexibility index (Phi) is 5.25. The lowest BCUT2D eigenvalue weighted by Crippen LogP contribution is -2.44. The van der Waals surface area contributed by atoms with Crippen LogP contribution in [0.1, 0.15) is 19.4 Å². The van der Waals surface area contributed by atoms with Gasteiger partial charge in [0, 0.05) is 17.8 Å². The second-order valence-corrected chi connectivity index (χ2v) is 6.55. The minimum atomic E-state index is -4.41. The number of anilines is 2. The van der Waals surface area contributed by atoms with Gasteiger partial charge in [-0.05, 0) is 38.0 Å². The van der Waals surface area contributed by atoms with Gasteiger partial charge in [0.1, 0.15) is 6.04 Å². The predicted octanol–water partition coefficient (Wildman–Crippen LogP) is 3.80. The third kappa shape index (κ3) is 4.50. The van der Waals surface area contributed by atoms with Crippen LogP contribution in [-0.4, -0.2) is 35.8 Å². The van der Waals surface area contributed by atoms with Crippen LogP contribution in [0.3, 0.4) is 0 Å². The summed E-state index contributed by atoms with van der Waals surface area (Å²) in [6.45, 7) is 2.34. The number of amides is 1. The number of halogens is 3. The van der Waals surface area contributed by atoms with Crippen molar-refractivity contribution in [3.8, 4) is 5.88 Å². The Balaban J connectivity index is 1.63. The summed E-state index contributed by atoms with van der Waals surface area (Å²) in [5.41, 5.74) is 2.58. The molecule has 0 fully saturated rings. The largest absolute Gasteiger partial charge is 0.468 e. The number of hydrogen-bond acceptors (Lipinski definition) is 4. The third-order valence-corrected chi connectivity index (χ3v) is 4.32. The number of aromatic nitrogens is 1. The highest BCUT2D eigenvalue weighted by Gasteiger charge is 2.33. The first kappa shape index (κ1) is 19.0. The van der Waals surface area contributed by atoms with Crippen molar-refractivity contribution in [1.29, 1.82) is 0 Å². The fourth-order valence-electron chi connectivity index (χ4n) is 3.13. The summed E-state index contributed by atoms with van der Waals surface area (Å²) in [6.07, 6.45) is -2.26. The highest BCUT2D eigenvalue weighted by molar-refractivity contribution is 6.00. The lowest BCUT2D eigenvalue weighted by molar-refractivity contribution is -0.154. The van der Waals surface area contributed by atoms with Crippen LogP contribution in [0.5, 0.6) is 5.88 Å². The van der Waals surface area contributed by atoms with Crippen LogP contribution in [0.2, 0.25) is 0 Å². The van der Waals surface area contributed by atoms with Crippen molar-refractivity contribution >= 4 is 17.3 Å². The van der Waals surface area contributed by atoms with Crippen LogP contribution < -0.4 is 15.0 Å². The van der Waals surface area contributed by atoms with E-state index < -0.39 is 18.8 Å². The van der Waals surface area contributed by atoms with Gasteiger partial charge in [-0.3, -0.25) is 4.79 Å². The fourth-order valence-corrected chi connectivity index (χ4v) is 3.13. The van der Waals surface area contributed by atoms with E-state index in [-0.39, 0.29) is 17.8 Å². The molecule has 1 aromatic carbocycles. The molecule has 1 N–H and O–H groups in total. The van der Waals surface area contributed by atoms with Gasteiger partial charge in [-0.1, -0.05) is 18.2 Å². The number of benzene rings is 1. The molecule has 1 aliphatic rings. The number of pyridine rings is 1. The minimum Gasteiger partial charge on any atom is -0.468 e. The molecule has 0 bridgehead atoms. The topological polar surface area (TPSA) is 54.5 Å². The summed E-state index contributed by atoms with van der Waals surface area (Å²) in [6, 6.07) is 10.2. The summed E-state index contributed by atoms with van der Waals surface area (Å²) in [5.74, 6) is -0.205. The molecule has 1 aromatic heterocycles. The molecule has 2 unspecified atom stereocenters. The number of fused-ring (bicyclic) bond motifs is 1. The van der Waals surface area contributed by atoms with Crippen molar-refractivity contribution in [2.75, 3.05) is 16.8 Å². The summed E-state index contributed by atoms with van der Waals surface area (Å²) in [7, 11) is 0. The monoisotopic (exact) mass is 379 g/mol. The number of hydrogen-bond donors (Lipinski definition) is 1. The smallest absolute Gasteiger partial charge is 0.422 e. The normalized spacial score (nSPS) is 17.4. The maximum atomic E-state index is 12.9. The Morgan fingerprint density at radius 1 is 1.33 bits per heavy atom. The summed E-state index contributed by atoms with van der Waals surface area (Å²) < 4.78 is 41.1. The van der Waals surface area contributed by atoms with Gasteiger partial charge in [0.05, 0.1) is 11.9 Å². The zero-order valence-corrected chi connectivity index (χ0v) is 15.0. The molecule has 0 spiro atoms. The van der Waals surface area contributed by atoms with Gasteiger partial charge in [-0.2, -0.15) is 13.2 Å². The number of rotatable bonds is 5. The van der Waals surface area contributed by atoms with Crippen LogP contribution in [-0.2, 0) is 11.2 Å². The lowest BCUT2D eigenvalue weighted by Gasteiger charge is -2.27. The molecule has 27 heavy (non-hydrogen) atoms. The molecule has 8 heteroatoms. The average molecular weight is 379 g/mol. The molecule has 2 heterocycles. The molecule has 3 rings (SSSR count). The van der Waals surface area contributed by atoms with Crippen molar-refractivity contribution in [3.63, 3.8) is 0 Å². The van der Waals surface area contributed by atoms with Crippen molar-refractivity contribution in [2.45, 2.75) is 38.5 Å². The number of nitrogens with one attached hydrogen (secondary N) is 1. The van der Waals surface area contributed by atoms with Crippen molar-refractivity contribution in [3.05, 3.63) is 48.2 Å². The highest BCUT2D eigenvalue weighted by Crippen LogP contribution is 2.32. The predicted molar refractivity (Wildman–Crippen MR) is 96.0 cm³/mol. The molecule has 0 aliphatic carbocycles. The van der Waals surface area contributed by atoms with Crippen LogP contribution >= 0.6 is 0 Å². The van der Waals surface area contributed by atoms with E-state index in [2.05, 4.69) is 15.0 Å². The first-order chi connectivity index (χ1) is 12.7. The van der Waals surface area contributed by atoms with E-state index in [0.717, 1.165) is 17.7 Å². The van der Waals surface area contributed by atoms with Crippen LogP contribution in [0.25, 0.3) is 0 Å². The molecule has 0 saturated heterocycles. The number of carbonyl (C=O) groups is 1. The molecule has 1 aliphatic heterocycles. The Morgan fingerprint density at radius 2 is 2.07 bits per heavy atom. The highest BCUT2D eigenvalue weighted by atomic mass is 19.4. The second-order valence-electron chi connectivity index (χ2n) is 6.55. The molecule has 0 saturated carbocycles. The lowest BCUT2D eigenvalue weighted by atomic mass is 10.1. The van der Waals surface area contributed by atoms with Crippen molar-refractivity contribution < 1.29 is 22.7 Å². The van der Waals surface area contributed by atoms with Gasteiger partial charge in [-0.15, -0.1) is 0 Å². The van der Waals surface area contributed by atoms with E-state index in [9.17, 15) is 18.0 Å². The maximum absolute atomic E-state index is 12.9. The Bertz CT molecular complexity index is 809. The molecule has 1 amide bonds. The van der Waals surface area contributed by atoms with E-state index in [0.29, 0.717) is 5.69 Å². The first-order valence-electron chi connectivity index (χ1n) is 8.58. The quantitative estimate of drug-likeness (QED) is 0.859. The second kappa shape index (κ2) is 7.46. The fraction of sp³-hybridized carbons (Fsp3) is 0.368. The Labute approximate surface area is 155 Å². The van der Waals surface area contributed by atoms with Gasteiger partial charge in [0.15, 0.2) is 6.61 Å². The maximum Gasteiger partial charge on any atom is 0.422 e. The molecule has 2 aromatic rings. The summed E-state index contributed by atoms with van der Waals surface area (Å²) >= 11 is 0.